The number of nitrogens with two attached hydrogens (primary N) is 1. The average molecular weight is 405 g/mol. The number of benzene rings is 3. The molecule has 3 rings (SSSR count). The number of aryl methyl sites for hydroxylation is 1. The maximum absolute atomic E-state index is 11.8. The molecule has 0 saturated carbocycles. The van der Waals surface area contributed by atoms with E-state index in [1.165, 1.54) is 6.07 Å². The second-order valence-electron chi connectivity index (χ2n) is 6.87. The Hall–Kier alpha value is -3.84. The van der Waals surface area contributed by atoms with Crippen molar-refractivity contribution in [1.29, 1.82) is 0 Å². The monoisotopic (exact) mass is 405 g/mol. The fraction of sp³-hybridized carbons (Fsp3) is 0.130. The smallest absolute Gasteiger partial charge is 0.337 e. The van der Waals surface area contributed by atoms with E-state index in [1.54, 1.807) is 30.3 Å². The summed E-state index contributed by atoms with van der Waals surface area (Å²) in [4.78, 5) is 23.3. The molecular weight excluding hydrogens is 382 g/mol. The number of nitrogens with one attached hydrogen (secondary N) is 2. The first-order valence-electron chi connectivity index (χ1n) is 9.42. The lowest BCUT2D eigenvalue weighted by molar-refractivity contribution is 0.0687. The Kier molecular flexibility index (Phi) is 6.34. The molecule has 0 unspecified atom stereocenters. The zero-order chi connectivity index (χ0) is 21.7. The molecule has 6 N–H and O–H groups in total. The van der Waals surface area contributed by atoms with Gasteiger partial charge in [-0.1, -0.05) is 24.3 Å². The number of para-hydroxylation sites is 1. The van der Waals surface area contributed by atoms with Crippen molar-refractivity contribution < 1.29 is 19.8 Å². The van der Waals surface area contributed by atoms with Crippen molar-refractivity contribution >= 4 is 34.7 Å². The highest BCUT2D eigenvalue weighted by atomic mass is 16.4. The van der Waals surface area contributed by atoms with Gasteiger partial charge in [0.05, 0.1) is 33.9 Å². The molecule has 0 fully saturated rings. The average Bonchev–Trinajstić information content (AvgIpc) is 2.71. The van der Waals surface area contributed by atoms with Gasteiger partial charge in [-0.05, 0) is 67.4 Å². The number of hydrogen-bond donors (Lipinski definition) is 5. The van der Waals surface area contributed by atoms with Gasteiger partial charge < -0.3 is 26.6 Å². The van der Waals surface area contributed by atoms with Gasteiger partial charge in [0, 0.05) is 0 Å². The lowest BCUT2D eigenvalue weighted by Crippen LogP contribution is -2.08. The van der Waals surface area contributed by atoms with Crippen molar-refractivity contribution in [2.24, 2.45) is 5.73 Å². The molecule has 0 amide bonds. The van der Waals surface area contributed by atoms with Crippen LogP contribution in [0.15, 0.2) is 60.7 Å². The normalized spacial score (nSPS) is 10.5. The molecule has 3 aromatic rings. The van der Waals surface area contributed by atoms with E-state index in [-0.39, 0.29) is 11.1 Å². The Morgan fingerprint density at radius 3 is 2.13 bits per heavy atom. The lowest BCUT2D eigenvalue weighted by Gasteiger charge is -2.17. The van der Waals surface area contributed by atoms with Crippen molar-refractivity contribution in [3.05, 3.63) is 82.9 Å². The molecule has 0 aliphatic carbocycles. The van der Waals surface area contributed by atoms with Crippen molar-refractivity contribution in [3.63, 3.8) is 0 Å². The molecule has 7 nitrogen and oxygen atoms in total. The van der Waals surface area contributed by atoms with Gasteiger partial charge in [0.25, 0.3) is 0 Å². The molecule has 0 bridgehead atoms. The van der Waals surface area contributed by atoms with E-state index in [1.807, 2.05) is 31.2 Å². The van der Waals surface area contributed by atoms with E-state index in [0.29, 0.717) is 35.7 Å². The van der Waals surface area contributed by atoms with Crippen LogP contribution >= 0.6 is 0 Å². The molecular formula is C23H23N3O4. The topological polar surface area (TPSA) is 125 Å². The Morgan fingerprint density at radius 2 is 1.43 bits per heavy atom. The first-order chi connectivity index (χ1) is 14.4. The number of carbonyl (C=O) groups is 2. The summed E-state index contributed by atoms with van der Waals surface area (Å²) in [6.07, 6.45) is 0.587. The Labute approximate surface area is 174 Å². The van der Waals surface area contributed by atoms with Crippen molar-refractivity contribution in [2.75, 3.05) is 17.2 Å². The number of carboxylic acids is 2. The summed E-state index contributed by atoms with van der Waals surface area (Å²) in [5, 5.41) is 25.4. The highest BCUT2D eigenvalue weighted by Crippen LogP contribution is 2.32. The van der Waals surface area contributed by atoms with Crippen LogP contribution in [0.3, 0.4) is 0 Å². The van der Waals surface area contributed by atoms with Crippen LogP contribution in [0.25, 0.3) is 0 Å². The van der Waals surface area contributed by atoms with E-state index in [0.717, 1.165) is 11.1 Å². The Balaban J connectivity index is 2.00. The molecule has 0 saturated heterocycles. The predicted molar refractivity (Wildman–Crippen MR) is 117 cm³/mol. The van der Waals surface area contributed by atoms with E-state index in [9.17, 15) is 19.8 Å². The van der Waals surface area contributed by atoms with Gasteiger partial charge in [-0.15, -0.1) is 0 Å². The summed E-state index contributed by atoms with van der Waals surface area (Å²) < 4.78 is 0. The van der Waals surface area contributed by atoms with Crippen LogP contribution in [-0.4, -0.2) is 28.7 Å². The van der Waals surface area contributed by atoms with Crippen molar-refractivity contribution in [1.82, 2.24) is 0 Å². The quantitative estimate of drug-likeness (QED) is 0.377. The second kappa shape index (κ2) is 9.11. The molecule has 0 radical (unpaired) electrons. The molecule has 7 heteroatoms. The van der Waals surface area contributed by atoms with Crippen LogP contribution in [0.2, 0.25) is 0 Å². The van der Waals surface area contributed by atoms with Crippen LogP contribution in [-0.2, 0) is 6.42 Å². The minimum absolute atomic E-state index is 0.138. The van der Waals surface area contributed by atoms with Gasteiger partial charge in [-0.2, -0.15) is 0 Å². The third-order valence-electron chi connectivity index (χ3n) is 4.62. The number of anilines is 4. The molecule has 3 aromatic carbocycles. The van der Waals surface area contributed by atoms with Crippen molar-refractivity contribution in [2.45, 2.75) is 13.3 Å². The largest absolute Gasteiger partial charge is 0.478 e. The summed E-state index contributed by atoms with van der Waals surface area (Å²) >= 11 is 0. The zero-order valence-corrected chi connectivity index (χ0v) is 16.5. The van der Waals surface area contributed by atoms with Crippen LogP contribution in [0.4, 0.5) is 22.7 Å². The minimum atomic E-state index is -1.05. The molecule has 0 aliphatic rings. The van der Waals surface area contributed by atoms with E-state index in [4.69, 9.17) is 5.73 Å². The fourth-order valence-electron chi connectivity index (χ4n) is 3.14. The Morgan fingerprint density at radius 1 is 0.800 bits per heavy atom. The van der Waals surface area contributed by atoms with Crippen LogP contribution in [0.1, 0.15) is 31.8 Å². The third kappa shape index (κ3) is 4.76. The van der Waals surface area contributed by atoms with Crippen molar-refractivity contribution in [3.8, 4) is 0 Å². The second-order valence-corrected chi connectivity index (χ2v) is 6.87. The SMILES string of the molecule is Cc1ccc(Nc2ccccc2C(=O)O)c(Nc2ccc(CCN)cc2C(=O)O)c1. The number of rotatable bonds is 8. The standard InChI is InChI=1S/C23H23N3O4/c1-14-6-8-20(25-18-5-3-2-4-16(18)22(27)28)21(12-14)26-19-9-7-15(10-11-24)13-17(19)23(29)30/h2-9,12-13,25-26H,10-11,24H2,1H3,(H,27,28)(H,29,30). The minimum Gasteiger partial charge on any atom is -0.478 e. The molecule has 0 aromatic heterocycles. The van der Waals surface area contributed by atoms with Crippen LogP contribution in [0, 0.1) is 6.92 Å². The molecule has 30 heavy (non-hydrogen) atoms. The van der Waals surface area contributed by atoms with Gasteiger partial charge in [0.2, 0.25) is 0 Å². The van der Waals surface area contributed by atoms with E-state index >= 15 is 0 Å². The van der Waals surface area contributed by atoms with Gasteiger partial charge >= 0.3 is 11.9 Å². The van der Waals surface area contributed by atoms with Crippen LogP contribution in [0.5, 0.6) is 0 Å². The van der Waals surface area contributed by atoms with Crippen LogP contribution < -0.4 is 16.4 Å². The summed E-state index contributed by atoms with van der Waals surface area (Å²) in [6.45, 7) is 2.35. The molecule has 0 aliphatic heterocycles. The maximum Gasteiger partial charge on any atom is 0.337 e. The molecule has 0 heterocycles. The Bertz CT molecular complexity index is 1100. The zero-order valence-electron chi connectivity index (χ0n) is 16.5. The molecule has 0 atom stereocenters. The lowest BCUT2D eigenvalue weighted by atomic mass is 10.1. The molecule has 154 valence electrons. The molecule has 0 spiro atoms. The number of aromatic carboxylic acids is 2. The summed E-state index contributed by atoms with van der Waals surface area (Å²) in [6, 6.07) is 17.3. The highest BCUT2D eigenvalue weighted by Gasteiger charge is 2.15. The third-order valence-corrected chi connectivity index (χ3v) is 4.62. The number of carboxylic acid groups (broad SMARTS) is 2. The number of hydrogen-bond acceptors (Lipinski definition) is 5. The fourth-order valence-corrected chi connectivity index (χ4v) is 3.14. The van der Waals surface area contributed by atoms with Gasteiger partial charge in [0.15, 0.2) is 0 Å². The summed E-state index contributed by atoms with van der Waals surface area (Å²) in [5.41, 5.74) is 9.79. The maximum atomic E-state index is 11.8. The first-order valence-corrected chi connectivity index (χ1v) is 9.42. The van der Waals surface area contributed by atoms with Gasteiger partial charge in [0.1, 0.15) is 0 Å². The highest BCUT2D eigenvalue weighted by molar-refractivity contribution is 5.98. The predicted octanol–water partition coefficient (Wildman–Crippen LogP) is 4.38. The van der Waals surface area contributed by atoms with E-state index in [2.05, 4.69) is 10.6 Å². The summed E-state index contributed by atoms with van der Waals surface area (Å²) in [5.74, 6) is -2.09. The van der Waals surface area contributed by atoms with Gasteiger partial charge in [-0.25, -0.2) is 9.59 Å². The van der Waals surface area contributed by atoms with Gasteiger partial charge in [-0.3, -0.25) is 0 Å². The van der Waals surface area contributed by atoms with E-state index < -0.39 is 11.9 Å². The summed E-state index contributed by atoms with van der Waals surface area (Å²) in [7, 11) is 0. The first kappa shape index (κ1) is 20.9.